The molecule has 0 aromatic heterocycles. The summed E-state index contributed by atoms with van der Waals surface area (Å²) in [5.74, 6) is -0.995. The first-order valence-electron chi connectivity index (χ1n) is 7.87. The molecule has 0 radical (unpaired) electrons. The van der Waals surface area contributed by atoms with E-state index in [0.29, 0.717) is 18.7 Å². The molecule has 0 spiro atoms. The van der Waals surface area contributed by atoms with E-state index in [0.717, 1.165) is 16.4 Å². The molecule has 0 saturated carbocycles. The molecule has 136 valence electrons. The van der Waals surface area contributed by atoms with E-state index >= 15 is 0 Å². The summed E-state index contributed by atoms with van der Waals surface area (Å²) in [6.45, 7) is 5.21. The topological polar surface area (TPSA) is 103 Å². The van der Waals surface area contributed by atoms with Crippen LogP contribution in [0.3, 0.4) is 0 Å². The fourth-order valence-corrected chi connectivity index (χ4v) is 2.83. The molecule has 0 aromatic carbocycles. The number of aliphatic carboxylic acids is 1. The van der Waals surface area contributed by atoms with Crippen LogP contribution >= 0.6 is 0 Å². The molecule has 0 saturated heterocycles. The highest BCUT2D eigenvalue weighted by atomic mass is 32.2. The normalized spacial score (nSPS) is 17.2. The van der Waals surface area contributed by atoms with Crippen molar-refractivity contribution in [2.45, 2.75) is 40.0 Å². The van der Waals surface area contributed by atoms with Crippen LogP contribution in [-0.4, -0.2) is 48.7 Å². The molecule has 0 unspecified atom stereocenters. The van der Waals surface area contributed by atoms with E-state index in [1.807, 2.05) is 13.1 Å². The summed E-state index contributed by atoms with van der Waals surface area (Å²) >= 11 is 0. The first kappa shape index (κ1) is 20.1. The van der Waals surface area contributed by atoms with Crippen LogP contribution in [-0.2, 0) is 14.8 Å². The zero-order valence-electron chi connectivity index (χ0n) is 14.9. The first-order chi connectivity index (χ1) is 11.1. The van der Waals surface area contributed by atoms with E-state index < -0.39 is 21.9 Å². The maximum atomic E-state index is 11.8. The fourth-order valence-electron chi connectivity index (χ4n) is 2.31. The lowest BCUT2D eigenvalue weighted by Gasteiger charge is -2.26. The predicted octanol–water partition coefficient (Wildman–Crippen LogP) is 2.59. The molecule has 1 rings (SSSR count). The van der Waals surface area contributed by atoms with Crippen molar-refractivity contribution in [1.82, 2.24) is 9.31 Å². The monoisotopic (exact) mass is 358 g/mol. The average Bonchev–Trinajstić information content (AvgIpc) is 2.53. The van der Waals surface area contributed by atoms with Crippen LogP contribution in [0, 0.1) is 5.92 Å². The summed E-state index contributed by atoms with van der Waals surface area (Å²) in [5, 5.41) is 17.0. The Morgan fingerprint density at radius 3 is 2.58 bits per heavy atom. The summed E-state index contributed by atoms with van der Waals surface area (Å²) in [6.07, 6.45) is 3.74. The van der Waals surface area contributed by atoms with Gasteiger partial charge >= 0.3 is 5.97 Å². The Labute approximate surface area is 143 Å². The lowest BCUT2D eigenvalue weighted by atomic mass is 9.93. The van der Waals surface area contributed by atoms with Crippen molar-refractivity contribution in [3.8, 4) is 0 Å². The number of rotatable bonds is 8. The van der Waals surface area contributed by atoms with Gasteiger partial charge in [0, 0.05) is 20.3 Å². The van der Waals surface area contributed by atoms with Crippen molar-refractivity contribution >= 4 is 16.0 Å². The van der Waals surface area contributed by atoms with E-state index in [1.165, 1.54) is 19.5 Å². The molecule has 0 aromatic rings. The van der Waals surface area contributed by atoms with Gasteiger partial charge in [-0.15, -0.1) is 5.11 Å². The summed E-state index contributed by atoms with van der Waals surface area (Å²) < 4.78 is 24.3. The third kappa shape index (κ3) is 5.05. The maximum Gasteiger partial charge on any atom is 0.306 e. The molecule has 0 aliphatic carbocycles. The molecule has 0 fully saturated rings. The number of hydrogen-bond acceptors (Lipinski definition) is 6. The van der Waals surface area contributed by atoms with Gasteiger partial charge in [0.05, 0.1) is 11.7 Å². The molecule has 0 amide bonds. The average molecular weight is 358 g/mol. The third-order valence-corrected chi connectivity index (χ3v) is 5.54. The minimum Gasteiger partial charge on any atom is -0.481 e. The molecular weight excluding hydrogens is 332 g/mol. The van der Waals surface area contributed by atoms with Crippen molar-refractivity contribution in [2.75, 3.05) is 19.8 Å². The van der Waals surface area contributed by atoms with E-state index in [9.17, 15) is 13.2 Å². The minimum absolute atomic E-state index is 0.0692. The van der Waals surface area contributed by atoms with E-state index in [2.05, 4.69) is 10.3 Å². The van der Waals surface area contributed by atoms with E-state index in [4.69, 9.17) is 5.11 Å². The lowest BCUT2D eigenvalue weighted by Crippen LogP contribution is -2.24. The van der Waals surface area contributed by atoms with Crippen molar-refractivity contribution in [2.24, 2.45) is 16.3 Å². The number of carboxylic acids is 1. The highest BCUT2D eigenvalue weighted by Crippen LogP contribution is 2.31. The molecule has 1 aliphatic heterocycles. The van der Waals surface area contributed by atoms with Crippen LogP contribution in [0.25, 0.3) is 0 Å². The van der Waals surface area contributed by atoms with Crippen molar-refractivity contribution in [1.29, 1.82) is 0 Å². The van der Waals surface area contributed by atoms with Crippen molar-refractivity contribution < 1.29 is 18.3 Å². The molecule has 24 heavy (non-hydrogen) atoms. The molecule has 1 aliphatic rings. The Morgan fingerprint density at radius 2 is 2.08 bits per heavy atom. The van der Waals surface area contributed by atoms with Gasteiger partial charge < -0.3 is 10.0 Å². The van der Waals surface area contributed by atoms with Crippen LogP contribution < -0.4 is 0 Å². The van der Waals surface area contributed by atoms with Gasteiger partial charge in [-0.25, -0.2) is 8.42 Å². The Bertz CT molecular complexity index is 667. The summed E-state index contributed by atoms with van der Waals surface area (Å²) in [7, 11) is -0.337. The van der Waals surface area contributed by atoms with Gasteiger partial charge in [-0.3, -0.25) is 4.79 Å². The second kappa shape index (κ2) is 8.27. The van der Waals surface area contributed by atoms with Crippen molar-refractivity contribution in [3.63, 3.8) is 0 Å². The molecule has 8 nitrogen and oxygen atoms in total. The number of carbonyl (C=O) groups is 1. The maximum absolute atomic E-state index is 11.8. The van der Waals surface area contributed by atoms with Crippen LogP contribution in [0.4, 0.5) is 0 Å². The minimum atomic E-state index is -3.46. The van der Waals surface area contributed by atoms with Gasteiger partial charge in [0.2, 0.25) is 0 Å². The molecule has 1 atom stereocenters. The van der Waals surface area contributed by atoms with Crippen molar-refractivity contribution in [3.05, 3.63) is 23.2 Å². The summed E-state index contributed by atoms with van der Waals surface area (Å²) in [5.41, 5.74) is 2.01. The number of allylic oxidation sites excluding steroid dienone is 2. The van der Waals surface area contributed by atoms with E-state index in [1.54, 1.807) is 18.9 Å². The van der Waals surface area contributed by atoms with Gasteiger partial charge in [0.1, 0.15) is 0 Å². The largest absolute Gasteiger partial charge is 0.481 e. The lowest BCUT2D eigenvalue weighted by molar-refractivity contribution is -0.141. The van der Waals surface area contributed by atoms with Gasteiger partial charge in [-0.1, -0.05) is 19.1 Å². The number of sulfonamides is 1. The van der Waals surface area contributed by atoms with Gasteiger partial charge in [-0.05, 0) is 37.3 Å². The Hall–Kier alpha value is -1.90. The predicted molar refractivity (Wildman–Crippen MR) is 91.3 cm³/mol. The fraction of sp³-hybridized carbons (Fsp3) is 0.667. The summed E-state index contributed by atoms with van der Waals surface area (Å²) in [4.78, 5) is 12.9. The van der Waals surface area contributed by atoms with Crippen LogP contribution in [0.1, 0.15) is 40.0 Å². The molecule has 1 heterocycles. The molecule has 1 N–H and O–H groups in total. The summed E-state index contributed by atoms with van der Waals surface area (Å²) in [6, 6.07) is 0. The molecule has 9 heteroatoms. The molecule has 0 bridgehead atoms. The second-order valence-corrected chi connectivity index (χ2v) is 8.09. The van der Waals surface area contributed by atoms with Gasteiger partial charge in [0.25, 0.3) is 10.0 Å². The SMILES string of the molecule is CCC1=CN(C)C(N=NN(C)S(=O)(=O)CC)=C(C[C@@H](C)C(=O)O)C1. The zero-order valence-corrected chi connectivity index (χ0v) is 15.7. The quantitative estimate of drug-likeness (QED) is 0.530. The second-order valence-electron chi connectivity index (χ2n) is 5.82. The van der Waals surface area contributed by atoms with Crippen LogP contribution in [0.15, 0.2) is 33.5 Å². The number of nitrogens with zero attached hydrogens (tertiary/aromatic N) is 4. The highest BCUT2D eigenvalue weighted by Gasteiger charge is 2.23. The Balaban J connectivity index is 3.14. The van der Waals surface area contributed by atoms with E-state index in [-0.39, 0.29) is 5.75 Å². The van der Waals surface area contributed by atoms with Gasteiger partial charge in [0.15, 0.2) is 5.82 Å². The number of hydrogen-bond donors (Lipinski definition) is 1. The number of carboxylic acid groups (broad SMARTS) is 1. The third-order valence-electron chi connectivity index (χ3n) is 3.93. The zero-order chi connectivity index (χ0) is 18.5. The van der Waals surface area contributed by atoms with Gasteiger partial charge in [-0.2, -0.15) is 4.41 Å². The smallest absolute Gasteiger partial charge is 0.306 e. The Morgan fingerprint density at radius 1 is 1.46 bits per heavy atom. The molecular formula is C15H26N4O4S. The van der Waals surface area contributed by atoms with Crippen LogP contribution in [0.2, 0.25) is 0 Å². The Kier molecular flexibility index (Phi) is 6.94. The standard InChI is InChI=1S/C15H26N4O4S/c1-6-12-9-13(8-11(3)15(20)21)14(18(4)10-12)16-17-19(5)24(22,23)7-2/h10-11H,6-9H2,1-5H3,(H,20,21)/t11-/m1/s1. The van der Waals surface area contributed by atoms with Crippen LogP contribution in [0.5, 0.6) is 0 Å². The highest BCUT2D eigenvalue weighted by molar-refractivity contribution is 7.88. The first-order valence-corrected chi connectivity index (χ1v) is 9.48.